The largest absolute Gasteiger partial charge is 0.392 e. The summed E-state index contributed by atoms with van der Waals surface area (Å²) in [4.78, 5) is 14.8. The second kappa shape index (κ2) is 7.29. The van der Waals surface area contributed by atoms with Crippen LogP contribution >= 0.6 is 28.1 Å². The number of carbonyl (C=O) groups is 1. The number of benzene rings is 1. The van der Waals surface area contributed by atoms with E-state index in [1.54, 1.807) is 6.07 Å². The Labute approximate surface area is 137 Å². The highest BCUT2D eigenvalue weighted by Gasteiger charge is 2.22. The molecule has 0 aromatic heterocycles. The van der Waals surface area contributed by atoms with Gasteiger partial charge < -0.3 is 11.1 Å². The number of hydrogen-bond donors (Lipinski definition) is 2. The second-order valence-corrected chi connectivity index (χ2v) is 6.41. The van der Waals surface area contributed by atoms with Crippen LogP contribution in [0.15, 0.2) is 22.7 Å². The summed E-state index contributed by atoms with van der Waals surface area (Å²) < 4.78 is 13.6. The molecule has 0 atom stereocenters. The Bertz CT molecular complexity index is 547. The molecular weight excluding hydrogens is 357 g/mol. The maximum Gasteiger partial charge on any atom is 0.252 e. The van der Waals surface area contributed by atoms with Crippen molar-refractivity contribution >= 4 is 39.0 Å². The van der Waals surface area contributed by atoms with E-state index in [4.69, 9.17) is 18.0 Å². The zero-order chi connectivity index (χ0) is 15.4. The Kier molecular flexibility index (Phi) is 5.66. The van der Waals surface area contributed by atoms with Gasteiger partial charge in [-0.25, -0.2) is 4.39 Å². The fourth-order valence-corrected chi connectivity index (χ4v) is 3.03. The van der Waals surface area contributed by atoms with Crippen LogP contribution in [-0.4, -0.2) is 41.5 Å². The molecule has 1 fully saturated rings. The molecule has 0 bridgehead atoms. The van der Waals surface area contributed by atoms with E-state index in [2.05, 4.69) is 26.1 Å². The van der Waals surface area contributed by atoms with Crippen LogP contribution in [0.1, 0.15) is 23.2 Å². The summed E-state index contributed by atoms with van der Waals surface area (Å²) in [5.41, 5.74) is 5.84. The molecule has 0 radical (unpaired) electrons. The molecular formula is C14H17BrFN3OS. The fourth-order valence-electron chi connectivity index (χ4n) is 2.40. The predicted octanol–water partition coefficient (Wildman–Crippen LogP) is 2.07. The van der Waals surface area contributed by atoms with E-state index in [0.29, 0.717) is 17.1 Å². The second-order valence-electron chi connectivity index (χ2n) is 5.09. The number of likely N-dealkylation sites (tertiary alicyclic amines) is 1. The highest BCUT2D eigenvalue weighted by Crippen LogP contribution is 2.21. The van der Waals surface area contributed by atoms with Crippen LogP contribution in [0, 0.1) is 5.82 Å². The Morgan fingerprint density at radius 1 is 1.48 bits per heavy atom. The summed E-state index contributed by atoms with van der Waals surface area (Å²) in [6.07, 6.45) is 1.67. The van der Waals surface area contributed by atoms with Crippen molar-refractivity contribution in [3.8, 4) is 0 Å². The van der Waals surface area contributed by atoms with Crippen molar-refractivity contribution in [3.63, 3.8) is 0 Å². The predicted molar refractivity (Wildman–Crippen MR) is 87.8 cm³/mol. The summed E-state index contributed by atoms with van der Waals surface area (Å²) in [6.45, 7) is 2.30. The van der Waals surface area contributed by atoms with E-state index in [0.717, 1.165) is 25.9 Å². The van der Waals surface area contributed by atoms with Gasteiger partial charge in [-0.3, -0.25) is 9.69 Å². The van der Waals surface area contributed by atoms with Gasteiger partial charge in [-0.05, 0) is 40.9 Å². The number of piperidine rings is 1. The fraction of sp³-hybridized carbons (Fsp3) is 0.429. The van der Waals surface area contributed by atoms with Gasteiger partial charge in [0.1, 0.15) is 5.82 Å². The van der Waals surface area contributed by atoms with Crippen molar-refractivity contribution in [3.05, 3.63) is 34.1 Å². The number of nitrogens with zero attached hydrogens (tertiary/aromatic N) is 1. The summed E-state index contributed by atoms with van der Waals surface area (Å²) in [6, 6.07) is 4.54. The summed E-state index contributed by atoms with van der Waals surface area (Å²) in [7, 11) is 0. The standard InChI is InChI=1S/C14H17BrFN3OS/c15-13-10(2-1-3-11(13)16)14(20)18-9-4-6-19(7-5-9)8-12(17)21/h1-3,9H,4-8H2,(H2,17,21)(H,18,20). The van der Waals surface area contributed by atoms with Crippen molar-refractivity contribution in [2.75, 3.05) is 19.6 Å². The molecule has 1 amide bonds. The Morgan fingerprint density at radius 3 is 2.76 bits per heavy atom. The number of thiocarbonyl (C=S) groups is 1. The molecule has 1 aromatic carbocycles. The number of amides is 1. The minimum Gasteiger partial charge on any atom is -0.392 e. The molecule has 0 saturated carbocycles. The van der Waals surface area contributed by atoms with Gasteiger partial charge in [-0.15, -0.1) is 0 Å². The van der Waals surface area contributed by atoms with Crippen LogP contribution in [0.25, 0.3) is 0 Å². The molecule has 7 heteroatoms. The molecule has 3 N–H and O–H groups in total. The third-order valence-electron chi connectivity index (χ3n) is 3.50. The van der Waals surface area contributed by atoms with E-state index in [9.17, 15) is 9.18 Å². The molecule has 1 aliphatic heterocycles. The number of hydrogen-bond acceptors (Lipinski definition) is 3. The molecule has 21 heavy (non-hydrogen) atoms. The maximum atomic E-state index is 13.4. The van der Waals surface area contributed by atoms with Gasteiger partial charge in [0.2, 0.25) is 0 Å². The molecule has 2 rings (SSSR count). The van der Waals surface area contributed by atoms with E-state index < -0.39 is 5.82 Å². The monoisotopic (exact) mass is 373 g/mol. The van der Waals surface area contributed by atoms with Crippen molar-refractivity contribution in [1.82, 2.24) is 10.2 Å². The molecule has 114 valence electrons. The zero-order valence-electron chi connectivity index (χ0n) is 11.4. The number of carbonyl (C=O) groups excluding carboxylic acids is 1. The average molecular weight is 374 g/mol. The minimum atomic E-state index is -0.436. The SMILES string of the molecule is NC(=S)CN1CCC(NC(=O)c2cccc(F)c2Br)CC1. The lowest BCUT2D eigenvalue weighted by atomic mass is 10.0. The number of rotatable bonds is 4. The molecule has 0 spiro atoms. The maximum absolute atomic E-state index is 13.4. The third kappa shape index (κ3) is 4.46. The lowest BCUT2D eigenvalue weighted by Crippen LogP contribution is -2.46. The van der Waals surface area contributed by atoms with Crippen molar-refractivity contribution in [1.29, 1.82) is 0 Å². The van der Waals surface area contributed by atoms with Gasteiger partial charge in [0.15, 0.2) is 0 Å². The molecule has 0 aliphatic carbocycles. The number of nitrogens with one attached hydrogen (secondary N) is 1. The highest BCUT2D eigenvalue weighted by molar-refractivity contribution is 9.10. The van der Waals surface area contributed by atoms with Crippen molar-refractivity contribution in [2.45, 2.75) is 18.9 Å². The van der Waals surface area contributed by atoms with Crippen molar-refractivity contribution < 1.29 is 9.18 Å². The highest BCUT2D eigenvalue weighted by atomic mass is 79.9. The van der Waals surface area contributed by atoms with Crippen LogP contribution in [0.4, 0.5) is 4.39 Å². The van der Waals surface area contributed by atoms with E-state index in [1.807, 2.05) is 0 Å². The van der Waals surface area contributed by atoms with E-state index in [1.165, 1.54) is 12.1 Å². The molecule has 4 nitrogen and oxygen atoms in total. The lowest BCUT2D eigenvalue weighted by molar-refractivity contribution is 0.0913. The van der Waals surface area contributed by atoms with E-state index in [-0.39, 0.29) is 16.4 Å². The molecule has 1 aliphatic rings. The smallest absolute Gasteiger partial charge is 0.252 e. The first-order valence-corrected chi connectivity index (χ1v) is 7.93. The topological polar surface area (TPSA) is 58.4 Å². The van der Waals surface area contributed by atoms with Crippen LogP contribution in [-0.2, 0) is 0 Å². The van der Waals surface area contributed by atoms with Crippen LogP contribution in [0.5, 0.6) is 0 Å². The van der Waals surface area contributed by atoms with Gasteiger partial charge in [0.05, 0.1) is 15.0 Å². The van der Waals surface area contributed by atoms with Crippen LogP contribution < -0.4 is 11.1 Å². The Hall–Kier alpha value is -1.05. The Morgan fingerprint density at radius 2 is 2.14 bits per heavy atom. The van der Waals surface area contributed by atoms with Gasteiger partial charge in [-0.2, -0.15) is 0 Å². The molecule has 1 heterocycles. The molecule has 0 unspecified atom stereocenters. The molecule has 1 aromatic rings. The zero-order valence-corrected chi connectivity index (χ0v) is 13.8. The van der Waals surface area contributed by atoms with E-state index >= 15 is 0 Å². The summed E-state index contributed by atoms with van der Waals surface area (Å²) in [5.74, 6) is -0.692. The first-order chi connectivity index (χ1) is 9.97. The van der Waals surface area contributed by atoms with Gasteiger partial charge in [0, 0.05) is 25.7 Å². The summed E-state index contributed by atoms with van der Waals surface area (Å²) in [5, 5.41) is 2.95. The molecule has 1 saturated heterocycles. The van der Waals surface area contributed by atoms with Gasteiger partial charge in [0.25, 0.3) is 5.91 Å². The first-order valence-electron chi connectivity index (χ1n) is 6.73. The van der Waals surface area contributed by atoms with Gasteiger partial charge >= 0.3 is 0 Å². The number of halogens is 2. The average Bonchev–Trinajstić information content (AvgIpc) is 2.43. The van der Waals surface area contributed by atoms with Crippen LogP contribution in [0.3, 0.4) is 0 Å². The third-order valence-corrected chi connectivity index (χ3v) is 4.43. The lowest BCUT2D eigenvalue weighted by Gasteiger charge is -2.32. The minimum absolute atomic E-state index is 0.0928. The Balaban J connectivity index is 1.90. The van der Waals surface area contributed by atoms with Gasteiger partial charge in [-0.1, -0.05) is 18.3 Å². The first kappa shape index (κ1) is 16.3. The summed E-state index contributed by atoms with van der Waals surface area (Å²) >= 11 is 8.00. The normalized spacial score (nSPS) is 16.7. The van der Waals surface area contributed by atoms with Crippen LogP contribution in [0.2, 0.25) is 0 Å². The quantitative estimate of drug-likeness (QED) is 0.793. The van der Waals surface area contributed by atoms with Crippen molar-refractivity contribution in [2.24, 2.45) is 5.73 Å². The number of nitrogens with two attached hydrogens (primary N) is 1.